The summed E-state index contributed by atoms with van der Waals surface area (Å²) in [5.74, 6) is -1.91. The van der Waals surface area contributed by atoms with Gasteiger partial charge in [0, 0.05) is 24.3 Å². The highest BCUT2D eigenvalue weighted by atomic mass is 16.5. The molecule has 1 rings (SSSR count). The maximum Gasteiger partial charge on any atom is 0.331 e. The summed E-state index contributed by atoms with van der Waals surface area (Å²) in [6.45, 7) is 5.52. The van der Waals surface area contributed by atoms with Crippen LogP contribution in [0.4, 0.5) is 4.79 Å². The first-order valence-corrected chi connectivity index (χ1v) is 6.39. The van der Waals surface area contributed by atoms with Gasteiger partial charge in [-0.05, 0) is 33.6 Å². The van der Waals surface area contributed by atoms with Gasteiger partial charge in [-0.3, -0.25) is 10.1 Å². The van der Waals surface area contributed by atoms with Crippen LogP contribution in [0.25, 0.3) is 0 Å². The predicted molar refractivity (Wildman–Crippen MR) is 71.1 cm³/mol. The van der Waals surface area contributed by atoms with Crippen molar-refractivity contribution < 1.29 is 24.2 Å². The van der Waals surface area contributed by atoms with E-state index in [9.17, 15) is 14.4 Å². The Morgan fingerprint density at radius 1 is 1.25 bits per heavy atom. The van der Waals surface area contributed by atoms with Crippen LogP contribution in [-0.2, 0) is 14.3 Å². The van der Waals surface area contributed by atoms with Crippen molar-refractivity contribution in [2.75, 3.05) is 13.2 Å². The number of hydrogen-bond acceptors (Lipinski definition) is 4. The fraction of sp³-hybridized carbons (Fsp3) is 0.615. The number of amides is 3. The molecule has 0 aliphatic carbocycles. The molecule has 112 valence electrons. The maximum atomic E-state index is 11.7. The molecule has 1 atom stereocenters. The van der Waals surface area contributed by atoms with Crippen LogP contribution in [0.5, 0.6) is 0 Å². The molecule has 3 N–H and O–H groups in total. The van der Waals surface area contributed by atoms with Crippen LogP contribution in [0.3, 0.4) is 0 Å². The van der Waals surface area contributed by atoms with Crippen LogP contribution in [0.1, 0.15) is 33.6 Å². The molecule has 1 fully saturated rings. The lowest BCUT2D eigenvalue weighted by Crippen LogP contribution is -2.46. The number of aliphatic carboxylic acids is 1. The fourth-order valence-corrected chi connectivity index (χ4v) is 1.82. The number of hydrogen-bond donors (Lipinski definition) is 3. The van der Waals surface area contributed by atoms with E-state index in [0.29, 0.717) is 13.2 Å². The standard InChI is InChI=1S/C13H20N2O5/c1-8(9(2)11(17)18)10(16)15-12(19)14-7-13(3)5-4-6-20-13/h4-7H2,1-3H3,(H,17,18)(H2,14,15,16,19). The summed E-state index contributed by atoms with van der Waals surface area (Å²) in [4.78, 5) is 33.9. The zero-order chi connectivity index (χ0) is 15.3. The molecule has 1 saturated heterocycles. The minimum atomic E-state index is -1.19. The van der Waals surface area contributed by atoms with Crippen LogP contribution < -0.4 is 10.6 Å². The zero-order valence-electron chi connectivity index (χ0n) is 11.9. The SMILES string of the molecule is CC(C(=O)O)=C(C)C(=O)NC(=O)NCC1(C)CCCO1. The van der Waals surface area contributed by atoms with E-state index >= 15 is 0 Å². The smallest absolute Gasteiger partial charge is 0.331 e. The van der Waals surface area contributed by atoms with Crippen molar-refractivity contribution in [3.63, 3.8) is 0 Å². The number of urea groups is 1. The van der Waals surface area contributed by atoms with Gasteiger partial charge in [-0.15, -0.1) is 0 Å². The Morgan fingerprint density at radius 3 is 2.40 bits per heavy atom. The van der Waals surface area contributed by atoms with Gasteiger partial charge in [0.25, 0.3) is 5.91 Å². The minimum Gasteiger partial charge on any atom is -0.478 e. The first kappa shape index (κ1) is 16.2. The van der Waals surface area contributed by atoms with Gasteiger partial charge in [0.15, 0.2) is 0 Å². The molecule has 0 aromatic heterocycles. The van der Waals surface area contributed by atoms with E-state index in [1.807, 2.05) is 6.92 Å². The predicted octanol–water partition coefficient (Wildman–Crippen LogP) is 0.802. The number of carbonyl (C=O) groups is 3. The van der Waals surface area contributed by atoms with Crippen molar-refractivity contribution >= 4 is 17.9 Å². The molecule has 1 aliphatic rings. The van der Waals surface area contributed by atoms with Crippen LogP contribution >= 0.6 is 0 Å². The molecular formula is C13H20N2O5. The molecule has 7 heteroatoms. The maximum absolute atomic E-state index is 11.7. The highest BCUT2D eigenvalue weighted by Crippen LogP contribution is 2.23. The van der Waals surface area contributed by atoms with Gasteiger partial charge in [0.2, 0.25) is 0 Å². The van der Waals surface area contributed by atoms with E-state index in [1.54, 1.807) is 0 Å². The Bertz CT molecular complexity index is 450. The van der Waals surface area contributed by atoms with Crippen LogP contribution in [0.2, 0.25) is 0 Å². The third kappa shape index (κ3) is 4.34. The van der Waals surface area contributed by atoms with E-state index in [-0.39, 0.29) is 11.1 Å². The fourth-order valence-electron chi connectivity index (χ4n) is 1.82. The Kier molecular flexibility index (Phi) is 5.26. The topological polar surface area (TPSA) is 105 Å². The number of rotatable bonds is 4. The number of carboxylic acids is 1. The molecule has 0 radical (unpaired) electrons. The lowest BCUT2D eigenvalue weighted by Gasteiger charge is -2.23. The van der Waals surface area contributed by atoms with Gasteiger partial charge < -0.3 is 15.2 Å². The summed E-state index contributed by atoms with van der Waals surface area (Å²) in [7, 11) is 0. The zero-order valence-corrected chi connectivity index (χ0v) is 11.9. The highest BCUT2D eigenvalue weighted by Gasteiger charge is 2.30. The molecule has 1 unspecified atom stereocenters. The van der Waals surface area contributed by atoms with Crippen molar-refractivity contribution in [3.05, 3.63) is 11.1 Å². The molecule has 0 aromatic carbocycles. The Labute approximate surface area is 117 Å². The van der Waals surface area contributed by atoms with Crippen molar-refractivity contribution in [1.82, 2.24) is 10.6 Å². The van der Waals surface area contributed by atoms with Crippen LogP contribution in [0, 0.1) is 0 Å². The normalized spacial score (nSPS) is 22.9. The molecular weight excluding hydrogens is 264 g/mol. The van der Waals surface area contributed by atoms with Gasteiger partial charge in [-0.1, -0.05) is 0 Å². The summed E-state index contributed by atoms with van der Waals surface area (Å²) in [5, 5.41) is 13.4. The first-order chi connectivity index (χ1) is 9.25. The van der Waals surface area contributed by atoms with E-state index in [2.05, 4.69) is 10.6 Å². The van der Waals surface area contributed by atoms with Gasteiger partial charge >= 0.3 is 12.0 Å². The summed E-state index contributed by atoms with van der Waals surface area (Å²) in [5.41, 5.74) is -0.500. The second-order valence-electron chi connectivity index (χ2n) is 5.09. The van der Waals surface area contributed by atoms with Crippen molar-refractivity contribution in [1.29, 1.82) is 0 Å². The van der Waals surface area contributed by atoms with Gasteiger partial charge in [0.1, 0.15) is 0 Å². The van der Waals surface area contributed by atoms with Gasteiger partial charge in [-0.25, -0.2) is 9.59 Å². The van der Waals surface area contributed by atoms with Crippen LogP contribution in [0.15, 0.2) is 11.1 Å². The van der Waals surface area contributed by atoms with Crippen molar-refractivity contribution in [3.8, 4) is 0 Å². The lowest BCUT2D eigenvalue weighted by atomic mass is 10.0. The minimum absolute atomic E-state index is 0.00372. The molecule has 0 bridgehead atoms. The number of carboxylic acid groups (broad SMARTS) is 1. The molecule has 3 amide bonds. The van der Waals surface area contributed by atoms with Gasteiger partial charge in [0.05, 0.1) is 5.60 Å². The molecule has 1 aliphatic heterocycles. The lowest BCUT2D eigenvalue weighted by molar-refractivity contribution is -0.133. The summed E-state index contributed by atoms with van der Waals surface area (Å²) in [6.07, 6.45) is 1.79. The third-order valence-electron chi connectivity index (χ3n) is 3.37. The quantitative estimate of drug-likeness (QED) is 0.662. The van der Waals surface area contributed by atoms with Crippen molar-refractivity contribution in [2.24, 2.45) is 0 Å². The first-order valence-electron chi connectivity index (χ1n) is 6.39. The second kappa shape index (κ2) is 6.51. The summed E-state index contributed by atoms with van der Waals surface area (Å²) >= 11 is 0. The molecule has 7 nitrogen and oxygen atoms in total. The Hall–Kier alpha value is -1.89. The highest BCUT2D eigenvalue weighted by molar-refractivity contribution is 6.07. The summed E-state index contributed by atoms with van der Waals surface area (Å²) < 4.78 is 5.50. The van der Waals surface area contributed by atoms with E-state index in [1.165, 1.54) is 13.8 Å². The van der Waals surface area contributed by atoms with Crippen molar-refractivity contribution in [2.45, 2.75) is 39.2 Å². The second-order valence-corrected chi connectivity index (χ2v) is 5.09. The summed E-state index contributed by atoms with van der Waals surface area (Å²) in [6, 6.07) is -0.663. The van der Waals surface area contributed by atoms with Gasteiger partial charge in [-0.2, -0.15) is 0 Å². The van der Waals surface area contributed by atoms with E-state index < -0.39 is 23.5 Å². The molecule has 20 heavy (non-hydrogen) atoms. The average molecular weight is 284 g/mol. The monoisotopic (exact) mass is 284 g/mol. The average Bonchev–Trinajstić information content (AvgIpc) is 2.82. The Balaban J connectivity index is 2.48. The largest absolute Gasteiger partial charge is 0.478 e. The Morgan fingerprint density at radius 2 is 1.90 bits per heavy atom. The number of carbonyl (C=O) groups excluding carboxylic acids is 2. The number of imide groups is 1. The molecule has 0 aromatic rings. The van der Waals surface area contributed by atoms with Crippen LogP contribution in [-0.4, -0.2) is 41.8 Å². The van der Waals surface area contributed by atoms with E-state index in [4.69, 9.17) is 9.84 Å². The molecule has 0 spiro atoms. The number of nitrogens with one attached hydrogen (secondary N) is 2. The molecule has 0 saturated carbocycles. The number of ether oxygens (including phenoxy) is 1. The molecule has 1 heterocycles. The third-order valence-corrected chi connectivity index (χ3v) is 3.37. The van der Waals surface area contributed by atoms with E-state index in [0.717, 1.165) is 12.8 Å².